The fraction of sp³-hybridized carbons (Fsp3) is 0.435. The van der Waals surface area contributed by atoms with Gasteiger partial charge in [-0.1, -0.05) is 12.1 Å². The van der Waals surface area contributed by atoms with Crippen molar-refractivity contribution in [3.05, 3.63) is 58.7 Å². The lowest BCUT2D eigenvalue weighted by molar-refractivity contribution is -0.120. The Hall–Kier alpha value is -2.22. The topological polar surface area (TPSA) is 86.7 Å². The molecule has 0 saturated carbocycles. The van der Waals surface area contributed by atoms with Crippen molar-refractivity contribution < 1.29 is 18.3 Å². The second-order valence-corrected chi connectivity index (χ2v) is 10.4. The van der Waals surface area contributed by atoms with Crippen LogP contribution in [0.15, 0.2) is 41.3 Å². The maximum atomic E-state index is 13.0. The normalized spacial score (nSPS) is 20.2. The largest absolute Gasteiger partial charge is 0.392 e. The van der Waals surface area contributed by atoms with Crippen molar-refractivity contribution in [1.29, 1.82) is 0 Å². The molecule has 1 unspecified atom stereocenters. The summed E-state index contributed by atoms with van der Waals surface area (Å²) in [6, 6.07) is 11.0. The number of aliphatic hydroxyl groups is 1. The highest BCUT2D eigenvalue weighted by Gasteiger charge is 2.32. The second kappa shape index (κ2) is 8.13. The zero-order valence-corrected chi connectivity index (χ0v) is 18.2. The lowest BCUT2D eigenvalue weighted by Crippen LogP contribution is -2.41. The van der Waals surface area contributed by atoms with Crippen molar-refractivity contribution in [1.82, 2.24) is 4.31 Å². The average Bonchev–Trinajstić information content (AvgIpc) is 3.09. The van der Waals surface area contributed by atoms with E-state index in [0.717, 1.165) is 27.9 Å². The third-order valence-electron chi connectivity index (χ3n) is 6.33. The van der Waals surface area contributed by atoms with E-state index in [9.17, 15) is 18.3 Å². The van der Waals surface area contributed by atoms with E-state index in [4.69, 9.17) is 0 Å². The zero-order valence-electron chi connectivity index (χ0n) is 17.4. The Labute approximate surface area is 178 Å². The summed E-state index contributed by atoms with van der Waals surface area (Å²) in [4.78, 5) is 13.0. The molecule has 0 aromatic heterocycles. The Morgan fingerprint density at radius 3 is 2.40 bits per heavy atom. The molecule has 2 aromatic carbocycles. The Morgan fingerprint density at radius 2 is 1.70 bits per heavy atom. The van der Waals surface area contributed by atoms with E-state index in [1.54, 1.807) is 12.1 Å². The number of aryl methyl sites for hydroxylation is 2. The number of rotatable bonds is 4. The molecular weight excluding hydrogens is 400 g/mol. The van der Waals surface area contributed by atoms with E-state index in [1.165, 1.54) is 4.31 Å². The number of carbonyl (C=O) groups excluding carboxylic acids is 1. The summed E-state index contributed by atoms with van der Waals surface area (Å²) in [5.41, 5.74) is 4.95. The van der Waals surface area contributed by atoms with Gasteiger partial charge in [-0.15, -0.1) is 0 Å². The number of hydrogen-bond donors (Lipinski definition) is 2. The summed E-state index contributed by atoms with van der Waals surface area (Å²) in [5.74, 6) is -0.285. The van der Waals surface area contributed by atoms with Gasteiger partial charge in [0, 0.05) is 24.7 Å². The number of nitrogens with one attached hydrogen (secondary N) is 1. The number of amides is 1. The van der Waals surface area contributed by atoms with Gasteiger partial charge >= 0.3 is 0 Å². The van der Waals surface area contributed by atoms with Gasteiger partial charge in [0.15, 0.2) is 0 Å². The summed E-state index contributed by atoms with van der Waals surface area (Å²) >= 11 is 0. The van der Waals surface area contributed by atoms with E-state index >= 15 is 0 Å². The first kappa shape index (κ1) is 21.0. The monoisotopic (exact) mass is 428 g/mol. The van der Waals surface area contributed by atoms with Crippen LogP contribution in [-0.2, 0) is 27.7 Å². The number of hydrogen-bond acceptors (Lipinski definition) is 4. The summed E-state index contributed by atoms with van der Waals surface area (Å²) < 4.78 is 27.4. The number of anilines is 1. The van der Waals surface area contributed by atoms with Crippen LogP contribution in [0.1, 0.15) is 35.1 Å². The van der Waals surface area contributed by atoms with E-state index < -0.39 is 10.0 Å². The molecule has 1 heterocycles. The highest BCUT2D eigenvalue weighted by atomic mass is 32.2. The molecule has 1 amide bonds. The maximum Gasteiger partial charge on any atom is 0.243 e. The molecule has 1 saturated heterocycles. The molecule has 1 fully saturated rings. The van der Waals surface area contributed by atoms with Crippen molar-refractivity contribution in [2.45, 2.75) is 50.5 Å². The lowest BCUT2D eigenvalue weighted by Gasteiger charge is -2.30. The molecule has 2 N–H and O–H groups in total. The summed E-state index contributed by atoms with van der Waals surface area (Å²) in [6.07, 6.45) is 1.94. The molecule has 1 atom stereocenters. The number of piperidine rings is 1. The third-order valence-corrected chi connectivity index (χ3v) is 8.22. The first-order valence-corrected chi connectivity index (χ1v) is 11.9. The van der Waals surface area contributed by atoms with Crippen LogP contribution in [0.4, 0.5) is 5.69 Å². The van der Waals surface area contributed by atoms with Gasteiger partial charge in [0.2, 0.25) is 15.9 Å². The van der Waals surface area contributed by atoms with Crippen LogP contribution < -0.4 is 5.32 Å². The fourth-order valence-corrected chi connectivity index (χ4v) is 5.85. The molecule has 0 spiro atoms. The summed E-state index contributed by atoms with van der Waals surface area (Å²) in [5, 5.41) is 12.8. The van der Waals surface area contributed by atoms with Gasteiger partial charge in [0.05, 0.1) is 11.0 Å². The SMILES string of the molecule is Cc1ccc(S(=O)(=O)N2CCC(C(=O)Nc3ccc4c(c3)CC(O)C4)CC2)cc1C. The van der Waals surface area contributed by atoms with Crippen molar-refractivity contribution in [2.24, 2.45) is 5.92 Å². The predicted molar refractivity (Wildman–Crippen MR) is 116 cm³/mol. The fourth-order valence-electron chi connectivity index (χ4n) is 4.30. The van der Waals surface area contributed by atoms with Crippen LogP contribution in [-0.4, -0.2) is 42.9 Å². The van der Waals surface area contributed by atoms with Gasteiger partial charge in [-0.25, -0.2) is 8.42 Å². The molecule has 2 aromatic rings. The molecule has 1 aliphatic carbocycles. The quantitative estimate of drug-likeness (QED) is 0.784. The molecule has 160 valence electrons. The highest BCUT2D eigenvalue weighted by molar-refractivity contribution is 7.89. The van der Waals surface area contributed by atoms with Crippen LogP contribution in [0.5, 0.6) is 0 Å². The van der Waals surface area contributed by atoms with Crippen LogP contribution in [0.3, 0.4) is 0 Å². The van der Waals surface area contributed by atoms with Gasteiger partial charge < -0.3 is 10.4 Å². The Morgan fingerprint density at radius 1 is 1.00 bits per heavy atom. The minimum atomic E-state index is -3.54. The maximum absolute atomic E-state index is 13.0. The van der Waals surface area contributed by atoms with Crippen LogP contribution in [0.25, 0.3) is 0 Å². The first-order chi connectivity index (χ1) is 14.2. The molecule has 4 rings (SSSR count). The Kier molecular flexibility index (Phi) is 5.70. The number of nitrogens with zero attached hydrogens (tertiary/aromatic N) is 1. The van der Waals surface area contributed by atoms with Gasteiger partial charge in [-0.3, -0.25) is 4.79 Å². The minimum absolute atomic E-state index is 0.0725. The van der Waals surface area contributed by atoms with Gasteiger partial charge in [0.1, 0.15) is 0 Å². The highest BCUT2D eigenvalue weighted by Crippen LogP contribution is 2.28. The van der Waals surface area contributed by atoms with Crippen molar-refractivity contribution in [3.8, 4) is 0 Å². The zero-order chi connectivity index (χ0) is 21.5. The van der Waals surface area contributed by atoms with Crippen LogP contribution >= 0.6 is 0 Å². The van der Waals surface area contributed by atoms with E-state index in [0.29, 0.717) is 43.7 Å². The first-order valence-electron chi connectivity index (χ1n) is 10.4. The molecule has 6 nitrogen and oxygen atoms in total. The number of fused-ring (bicyclic) bond motifs is 1. The Bertz CT molecular complexity index is 1070. The second-order valence-electron chi connectivity index (χ2n) is 8.46. The molecule has 1 aliphatic heterocycles. The summed E-state index contributed by atoms with van der Waals surface area (Å²) in [7, 11) is -3.54. The standard InChI is InChI=1S/C23H28N2O4S/c1-15-3-6-22(11-16(15)2)30(28,29)25-9-7-17(8-10-25)23(27)24-20-5-4-18-13-21(26)14-19(18)12-20/h3-6,11-12,17,21,26H,7-10,13-14H2,1-2H3,(H,24,27). The van der Waals surface area contributed by atoms with Gasteiger partial charge in [-0.05, 0) is 86.1 Å². The number of sulfonamides is 1. The molecule has 7 heteroatoms. The number of benzene rings is 2. The molecule has 0 radical (unpaired) electrons. The van der Waals surface area contributed by atoms with Gasteiger partial charge in [-0.2, -0.15) is 4.31 Å². The molecule has 0 bridgehead atoms. The molecular formula is C23H28N2O4S. The summed E-state index contributed by atoms with van der Waals surface area (Å²) in [6.45, 7) is 4.54. The number of carbonyl (C=O) groups is 1. The van der Waals surface area contributed by atoms with Gasteiger partial charge in [0.25, 0.3) is 0 Å². The minimum Gasteiger partial charge on any atom is -0.392 e. The third kappa shape index (κ3) is 4.15. The van der Waals surface area contributed by atoms with E-state index in [1.807, 2.05) is 38.1 Å². The number of aliphatic hydroxyl groups excluding tert-OH is 1. The van der Waals surface area contributed by atoms with Crippen LogP contribution in [0, 0.1) is 19.8 Å². The van der Waals surface area contributed by atoms with Crippen molar-refractivity contribution in [2.75, 3.05) is 18.4 Å². The molecule has 30 heavy (non-hydrogen) atoms. The van der Waals surface area contributed by atoms with Crippen LogP contribution in [0.2, 0.25) is 0 Å². The predicted octanol–water partition coefficient (Wildman–Crippen LogP) is 2.80. The van der Waals surface area contributed by atoms with E-state index in [2.05, 4.69) is 5.32 Å². The van der Waals surface area contributed by atoms with Crippen molar-refractivity contribution in [3.63, 3.8) is 0 Å². The Balaban J connectivity index is 1.38. The van der Waals surface area contributed by atoms with Crippen molar-refractivity contribution >= 4 is 21.6 Å². The molecule has 2 aliphatic rings. The van der Waals surface area contributed by atoms with E-state index in [-0.39, 0.29) is 17.9 Å². The average molecular weight is 429 g/mol. The lowest BCUT2D eigenvalue weighted by atomic mass is 9.97. The smallest absolute Gasteiger partial charge is 0.243 e.